The summed E-state index contributed by atoms with van der Waals surface area (Å²) in [5.74, 6) is -0.0458. The molecule has 1 amide bonds. The summed E-state index contributed by atoms with van der Waals surface area (Å²) in [7, 11) is 0. The molecule has 7 heteroatoms. The van der Waals surface area contributed by atoms with Crippen LogP contribution in [0.2, 0.25) is 10.0 Å². The molecular weight excluding hydrogens is 385 g/mol. The van der Waals surface area contributed by atoms with E-state index in [9.17, 15) is 4.79 Å². The standard InChI is InChI=1S/C20H19Cl2N3O2/c21-17-8-7-16-15(18(17)22)9-10-25(19(16)26)14-5-2-12(3-6-14)1-4-13-11-27-20(23)24-13/h2-3,5-8,13H,1,4,9-11H2,(H2,23,24). The van der Waals surface area contributed by atoms with E-state index in [1.807, 2.05) is 12.1 Å². The van der Waals surface area contributed by atoms with Gasteiger partial charge in [-0.3, -0.25) is 4.79 Å². The van der Waals surface area contributed by atoms with Crippen LogP contribution in [0.3, 0.4) is 0 Å². The number of aryl methyl sites for hydroxylation is 1. The molecule has 2 N–H and O–H groups in total. The molecule has 1 unspecified atom stereocenters. The predicted molar refractivity (Wildman–Crippen MR) is 108 cm³/mol. The van der Waals surface area contributed by atoms with Crippen molar-refractivity contribution in [3.05, 3.63) is 63.1 Å². The molecule has 1 atom stereocenters. The second-order valence-corrected chi connectivity index (χ2v) is 7.52. The van der Waals surface area contributed by atoms with Gasteiger partial charge in [0.15, 0.2) is 0 Å². The Balaban J connectivity index is 1.46. The van der Waals surface area contributed by atoms with Crippen molar-refractivity contribution in [2.45, 2.75) is 25.3 Å². The Hall–Kier alpha value is -2.24. The molecule has 0 aliphatic carbocycles. The number of amides is 1. The summed E-state index contributed by atoms with van der Waals surface area (Å²) in [4.78, 5) is 18.9. The number of benzene rings is 2. The minimum absolute atomic E-state index is 0.0458. The van der Waals surface area contributed by atoms with Crippen LogP contribution < -0.4 is 10.6 Å². The van der Waals surface area contributed by atoms with E-state index < -0.39 is 0 Å². The molecule has 5 nitrogen and oxygen atoms in total. The number of hydrogen-bond donors (Lipinski definition) is 1. The first-order valence-electron chi connectivity index (χ1n) is 8.86. The highest BCUT2D eigenvalue weighted by Crippen LogP contribution is 2.33. The first-order chi connectivity index (χ1) is 13.0. The molecule has 140 valence electrons. The maximum atomic E-state index is 12.9. The first kappa shape index (κ1) is 18.1. The number of ether oxygens (including phenoxy) is 1. The third kappa shape index (κ3) is 3.62. The summed E-state index contributed by atoms with van der Waals surface area (Å²) in [6.07, 6.45) is 2.45. The minimum Gasteiger partial charge on any atom is -0.463 e. The molecule has 2 aliphatic rings. The van der Waals surface area contributed by atoms with Crippen LogP contribution in [0.5, 0.6) is 0 Å². The van der Waals surface area contributed by atoms with E-state index in [1.165, 1.54) is 5.56 Å². The van der Waals surface area contributed by atoms with Crippen molar-refractivity contribution in [1.82, 2.24) is 0 Å². The van der Waals surface area contributed by atoms with Crippen molar-refractivity contribution in [2.24, 2.45) is 10.7 Å². The molecule has 0 saturated heterocycles. The fourth-order valence-corrected chi connectivity index (χ4v) is 3.95. The zero-order valence-electron chi connectivity index (χ0n) is 14.6. The summed E-state index contributed by atoms with van der Waals surface area (Å²) >= 11 is 12.3. The Morgan fingerprint density at radius 3 is 2.67 bits per heavy atom. The Kier molecular flexibility index (Phi) is 4.98. The van der Waals surface area contributed by atoms with E-state index in [4.69, 9.17) is 33.7 Å². The van der Waals surface area contributed by atoms with Gasteiger partial charge in [0.1, 0.15) is 6.61 Å². The lowest BCUT2D eigenvalue weighted by Crippen LogP contribution is -2.37. The molecule has 0 bridgehead atoms. The molecule has 4 rings (SSSR count). The quantitative estimate of drug-likeness (QED) is 0.842. The van der Waals surface area contributed by atoms with Crippen LogP contribution >= 0.6 is 23.2 Å². The van der Waals surface area contributed by atoms with E-state index >= 15 is 0 Å². The van der Waals surface area contributed by atoms with E-state index in [0.717, 1.165) is 24.1 Å². The van der Waals surface area contributed by atoms with Crippen molar-refractivity contribution >= 4 is 40.8 Å². The van der Waals surface area contributed by atoms with Gasteiger partial charge in [0.05, 0.1) is 16.1 Å². The molecule has 0 aromatic heterocycles. The van der Waals surface area contributed by atoms with Crippen LogP contribution in [0.25, 0.3) is 0 Å². The molecular formula is C20H19Cl2N3O2. The number of nitrogens with zero attached hydrogens (tertiary/aromatic N) is 2. The van der Waals surface area contributed by atoms with Crippen molar-refractivity contribution < 1.29 is 9.53 Å². The number of rotatable bonds is 4. The molecule has 0 spiro atoms. The van der Waals surface area contributed by atoms with E-state index in [2.05, 4.69) is 17.1 Å². The van der Waals surface area contributed by atoms with Crippen LogP contribution in [0.1, 0.15) is 27.9 Å². The van der Waals surface area contributed by atoms with Gasteiger partial charge < -0.3 is 15.4 Å². The second kappa shape index (κ2) is 7.41. The minimum atomic E-state index is -0.0458. The molecule has 27 heavy (non-hydrogen) atoms. The lowest BCUT2D eigenvalue weighted by Gasteiger charge is -2.29. The van der Waals surface area contributed by atoms with Gasteiger partial charge >= 0.3 is 0 Å². The number of fused-ring (bicyclic) bond motifs is 1. The first-order valence-corrected chi connectivity index (χ1v) is 9.62. The molecule has 0 saturated carbocycles. The van der Waals surface area contributed by atoms with Gasteiger partial charge in [-0.25, -0.2) is 4.99 Å². The SMILES string of the molecule is NC1=NC(CCc2ccc(N3CCc4c(ccc(Cl)c4Cl)C3=O)cc2)CO1. The van der Waals surface area contributed by atoms with Gasteiger partial charge in [-0.1, -0.05) is 35.3 Å². The van der Waals surface area contributed by atoms with Crippen molar-refractivity contribution in [3.63, 3.8) is 0 Å². The van der Waals surface area contributed by atoms with Gasteiger partial charge in [0, 0.05) is 17.8 Å². The Morgan fingerprint density at radius 2 is 1.96 bits per heavy atom. The van der Waals surface area contributed by atoms with E-state index in [-0.39, 0.29) is 18.0 Å². The van der Waals surface area contributed by atoms with E-state index in [1.54, 1.807) is 17.0 Å². The van der Waals surface area contributed by atoms with Gasteiger partial charge in [0.25, 0.3) is 11.9 Å². The number of carbonyl (C=O) groups excluding carboxylic acids is 1. The van der Waals surface area contributed by atoms with Crippen LogP contribution in [0.15, 0.2) is 41.4 Å². The number of anilines is 1. The number of nitrogens with two attached hydrogens (primary N) is 1. The summed E-state index contributed by atoms with van der Waals surface area (Å²) in [6, 6.07) is 11.9. The zero-order chi connectivity index (χ0) is 19.0. The van der Waals surface area contributed by atoms with E-state index in [0.29, 0.717) is 35.2 Å². The average molecular weight is 404 g/mol. The number of amidine groups is 1. The molecule has 2 aromatic rings. The number of hydrogen-bond acceptors (Lipinski definition) is 4. The average Bonchev–Trinajstić information content (AvgIpc) is 3.09. The maximum Gasteiger partial charge on any atom is 0.282 e. The summed E-state index contributed by atoms with van der Waals surface area (Å²) in [5, 5.41) is 0.969. The number of aliphatic imine (C=N–C) groups is 1. The molecule has 2 aliphatic heterocycles. The summed E-state index contributed by atoms with van der Waals surface area (Å²) < 4.78 is 5.17. The highest BCUT2D eigenvalue weighted by Gasteiger charge is 2.27. The molecule has 2 heterocycles. The van der Waals surface area contributed by atoms with Crippen LogP contribution in [-0.4, -0.2) is 31.1 Å². The van der Waals surface area contributed by atoms with Gasteiger partial charge in [0.2, 0.25) is 0 Å². The van der Waals surface area contributed by atoms with Crippen molar-refractivity contribution in [2.75, 3.05) is 18.1 Å². The zero-order valence-corrected chi connectivity index (χ0v) is 16.1. The smallest absolute Gasteiger partial charge is 0.282 e. The van der Waals surface area contributed by atoms with Gasteiger partial charge in [-0.2, -0.15) is 0 Å². The van der Waals surface area contributed by atoms with Crippen molar-refractivity contribution in [1.29, 1.82) is 0 Å². The molecule has 2 aromatic carbocycles. The van der Waals surface area contributed by atoms with Crippen LogP contribution in [0, 0.1) is 0 Å². The number of halogens is 2. The lowest BCUT2D eigenvalue weighted by molar-refractivity contribution is 0.0980. The van der Waals surface area contributed by atoms with Gasteiger partial charge in [-0.05, 0) is 54.7 Å². The monoisotopic (exact) mass is 403 g/mol. The topological polar surface area (TPSA) is 67.9 Å². The largest absolute Gasteiger partial charge is 0.463 e. The maximum absolute atomic E-state index is 12.9. The third-order valence-electron chi connectivity index (χ3n) is 5.00. The Morgan fingerprint density at radius 1 is 1.19 bits per heavy atom. The van der Waals surface area contributed by atoms with Crippen LogP contribution in [0.4, 0.5) is 5.69 Å². The Labute approximate surface area is 167 Å². The summed E-state index contributed by atoms with van der Waals surface area (Å²) in [6.45, 7) is 1.14. The number of carbonyl (C=O) groups is 1. The highest BCUT2D eigenvalue weighted by molar-refractivity contribution is 6.43. The Bertz CT molecular complexity index is 912. The fraction of sp³-hybridized carbons (Fsp3) is 0.300. The van der Waals surface area contributed by atoms with Crippen molar-refractivity contribution in [3.8, 4) is 0 Å². The summed E-state index contributed by atoms with van der Waals surface area (Å²) in [5.41, 5.74) is 9.07. The third-order valence-corrected chi connectivity index (χ3v) is 5.85. The second-order valence-electron chi connectivity index (χ2n) is 6.73. The highest BCUT2D eigenvalue weighted by atomic mass is 35.5. The normalized spacial score (nSPS) is 18.9. The molecule has 0 radical (unpaired) electrons. The fourth-order valence-electron chi connectivity index (χ4n) is 3.51. The van der Waals surface area contributed by atoms with Crippen LogP contribution in [-0.2, 0) is 17.6 Å². The predicted octanol–water partition coefficient (Wildman–Crippen LogP) is 3.84. The van der Waals surface area contributed by atoms with Gasteiger partial charge in [-0.15, -0.1) is 0 Å². The lowest BCUT2D eigenvalue weighted by atomic mass is 9.98. The molecule has 0 fully saturated rings.